The van der Waals surface area contributed by atoms with Gasteiger partial charge in [0.1, 0.15) is 17.7 Å². The highest BCUT2D eigenvalue weighted by Crippen LogP contribution is 2.25. The molecule has 39 heavy (non-hydrogen) atoms. The van der Waals surface area contributed by atoms with Crippen molar-refractivity contribution in [2.24, 2.45) is 11.8 Å². The van der Waals surface area contributed by atoms with Gasteiger partial charge in [0.2, 0.25) is 5.91 Å². The molecule has 8 heteroatoms. The third-order valence-electron chi connectivity index (χ3n) is 6.70. The predicted octanol–water partition coefficient (Wildman–Crippen LogP) is 5.38. The zero-order valence-corrected chi connectivity index (χ0v) is 23.0. The molecule has 2 aromatic carbocycles. The summed E-state index contributed by atoms with van der Waals surface area (Å²) < 4.78 is 33.1. The molecule has 0 heterocycles. The van der Waals surface area contributed by atoms with E-state index in [9.17, 15) is 18.8 Å². The lowest BCUT2D eigenvalue weighted by molar-refractivity contribution is -0.145. The smallest absolute Gasteiger partial charge is 0.308 e. The van der Waals surface area contributed by atoms with Crippen molar-refractivity contribution in [3.05, 3.63) is 89.0 Å². The van der Waals surface area contributed by atoms with Gasteiger partial charge in [-0.15, -0.1) is 0 Å². The molecule has 3 atom stereocenters. The molecular formula is C31H36F2N2O4. The number of rotatable bonds is 10. The van der Waals surface area contributed by atoms with Crippen LogP contribution in [0.2, 0.25) is 0 Å². The maximum atomic E-state index is 15.1. The minimum Gasteiger partial charge on any atom is -0.469 e. The number of esters is 1. The number of carbonyl (C=O) groups excluding carboxylic acids is 3. The second-order valence-electron chi connectivity index (χ2n) is 10.8. The van der Waals surface area contributed by atoms with E-state index in [-0.39, 0.29) is 17.8 Å². The molecule has 0 aromatic heterocycles. The van der Waals surface area contributed by atoms with Gasteiger partial charge in [-0.2, -0.15) is 0 Å². The van der Waals surface area contributed by atoms with Gasteiger partial charge in [0.15, 0.2) is 0 Å². The first kappa shape index (κ1) is 29.7. The van der Waals surface area contributed by atoms with Crippen LogP contribution < -0.4 is 10.6 Å². The summed E-state index contributed by atoms with van der Waals surface area (Å²) >= 11 is 0. The van der Waals surface area contributed by atoms with E-state index < -0.39 is 41.1 Å². The predicted molar refractivity (Wildman–Crippen MR) is 147 cm³/mol. The Morgan fingerprint density at radius 2 is 1.79 bits per heavy atom. The lowest BCUT2D eigenvalue weighted by Crippen LogP contribution is -2.54. The van der Waals surface area contributed by atoms with Crippen molar-refractivity contribution < 1.29 is 27.9 Å². The lowest BCUT2D eigenvalue weighted by atomic mass is 9.93. The van der Waals surface area contributed by atoms with Crippen molar-refractivity contribution in [3.8, 4) is 0 Å². The summed E-state index contributed by atoms with van der Waals surface area (Å²) in [6, 6.07) is 9.18. The Morgan fingerprint density at radius 3 is 2.38 bits per heavy atom. The SMILES string of the molecule is COC(=O)[C@@H](C)C[C@H](NC(=O)c1ccc(C2=CCC(C)C=C2)cc1F)C(=O)NC(C)(C)Cc1ccc(F)cc1. The number of benzene rings is 2. The number of methoxy groups -OCH3 is 1. The molecule has 0 radical (unpaired) electrons. The van der Waals surface area contributed by atoms with E-state index in [2.05, 4.69) is 23.6 Å². The Bertz CT molecular complexity index is 1270. The van der Waals surface area contributed by atoms with Gasteiger partial charge in [-0.3, -0.25) is 14.4 Å². The fourth-order valence-electron chi connectivity index (χ4n) is 4.52. The Labute approximate surface area is 228 Å². The van der Waals surface area contributed by atoms with Crippen LogP contribution in [0.5, 0.6) is 0 Å². The minimum absolute atomic E-state index is 0.0492. The number of nitrogens with one attached hydrogen (secondary N) is 2. The molecule has 208 valence electrons. The van der Waals surface area contributed by atoms with E-state index in [1.807, 2.05) is 12.2 Å². The molecule has 1 aliphatic carbocycles. The largest absolute Gasteiger partial charge is 0.469 e. The summed E-state index contributed by atoms with van der Waals surface area (Å²) in [7, 11) is 1.24. The van der Waals surface area contributed by atoms with Gasteiger partial charge in [-0.25, -0.2) is 8.78 Å². The summed E-state index contributed by atoms with van der Waals surface area (Å²) in [5.41, 5.74) is 1.37. The Balaban J connectivity index is 1.77. The molecule has 2 N–H and O–H groups in total. The number of hydrogen-bond donors (Lipinski definition) is 2. The van der Waals surface area contributed by atoms with Gasteiger partial charge in [0, 0.05) is 5.54 Å². The molecule has 1 aliphatic rings. The van der Waals surface area contributed by atoms with Gasteiger partial charge in [-0.1, -0.05) is 50.3 Å². The van der Waals surface area contributed by atoms with Crippen LogP contribution >= 0.6 is 0 Å². The third-order valence-corrected chi connectivity index (χ3v) is 6.70. The van der Waals surface area contributed by atoms with Gasteiger partial charge in [-0.05, 0) is 80.0 Å². The average Bonchev–Trinajstić information content (AvgIpc) is 2.88. The first-order chi connectivity index (χ1) is 18.4. The molecule has 3 rings (SSSR count). The van der Waals surface area contributed by atoms with Crippen LogP contribution in [0.25, 0.3) is 5.57 Å². The first-order valence-corrected chi connectivity index (χ1v) is 13.0. The van der Waals surface area contributed by atoms with Crippen molar-refractivity contribution >= 4 is 23.4 Å². The zero-order valence-electron chi connectivity index (χ0n) is 23.0. The third kappa shape index (κ3) is 8.34. The summed E-state index contributed by atoms with van der Waals surface area (Å²) in [5.74, 6) is -3.20. The Kier molecular flexibility index (Phi) is 9.78. The van der Waals surface area contributed by atoms with E-state index in [0.29, 0.717) is 17.9 Å². The molecule has 0 saturated carbocycles. The standard InChI is InChI=1S/C31H36F2N2O4/c1-19-6-10-22(11-7-19)23-12-15-25(26(33)17-23)28(36)34-27(16-20(2)30(38)39-5)29(37)35-31(3,4)18-21-8-13-24(32)14-9-21/h6,8-15,17,19-20,27H,7,16,18H2,1-5H3,(H,34,36)(H,35,37)/t19?,20-,27-/m0/s1. The quantitative estimate of drug-likeness (QED) is 0.398. The number of amides is 2. The topological polar surface area (TPSA) is 84.5 Å². The number of carbonyl (C=O) groups is 3. The van der Waals surface area contributed by atoms with Crippen LogP contribution in [-0.2, 0) is 20.7 Å². The summed E-state index contributed by atoms with van der Waals surface area (Å²) in [4.78, 5) is 38.5. The molecule has 6 nitrogen and oxygen atoms in total. The van der Waals surface area contributed by atoms with Crippen molar-refractivity contribution in [1.82, 2.24) is 10.6 Å². The van der Waals surface area contributed by atoms with E-state index in [1.165, 1.54) is 31.4 Å². The zero-order chi connectivity index (χ0) is 28.7. The van der Waals surface area contributed by atoms with Crippen molar-refractivity contribution in [1.29, 1.82) is 0 Å². The summed E-state index contributed by atoms with van der Waals surface area (Å²) in [5, 5.41) is 5.51. The Hall–Kier alpha value is -3.81. The lowest BCUT2D eigenvalue weighted by Gasteiger charge is -2.30. The maximum absolute atomic E-state index is 15.1. The molecule has 0 saturated heterocycles. The van der Waals surface area contributed by atoms with Crippen LogP contribution in [0, 0.1) is 23.5 Å². The fraction of sp³-hybridized carbons (Fsp3) is 0.387. The van der Waals surface area contributed by atoms with Gasteiger partial charge < -0.3 is 15.4 Å². The van der Waals surface area contributed by atoms with E-state index >= 15 is 4.39 Å². The summed E-state index contributed by atoms with van der Waals surface area (Å²) in [6.07, 6.45) is 7.21. The molecule has 0 aliphatic heterocycles. The van der Waals surface area contributed by atoms with Crippen molar-refractivity contribution in [2.75, 3.05) is 7.11 Å². The maximum Gasteiger partial charge on any atom is 0.308 e. The van der Waals surface area contributed by atoms with Gasteiger partial charge in [0.25, 0.3) is 5.91 Å². The number of hydrogen-bond acceptors (Lipinski definition) is 4. The van der Waals surface area contributed by atoms with E-state index in [1.54, 1.807) is 39.0 Å². The van der Waals surface area contributed by atoms with Crippen molar-refractivity contribution in [2.45, 2.75) is 58.5 Å². The van der Waals surface area contributed by atoms with Gasteiger partial charge in [0.05, 0.1) is 18.6 Å². The van der Waals surface area contributed by atoms with E-state index in [4.69, 9.17) is 4.74 Å². The first-order valence-electron chi connectivity index (χ1n) is 13.0. The second-order valence-corrected chi connectivity index (χ2v) is 10.8. The average molecular weight is 539 g/mol. The molecule has 1 unspecified atom stereocenters. The highest BCUT2D eigenvalue weighted by molar-refractivity contribution is 5.98. The van der Waals surface area contributed by atoms with Crippen LogP contribution in [-0.4, -0.2) is 36.5 Å². The fourth-order valence-corrected chi connectivity index (χ4v) is 4.52. The molecule has 2 amide bonds. The van der Waals surface area contributed by atoms with Crippen LogP contribution in [0.15, 0.2) is 60.7 Å². The number of allylic oxidation sites excluding steroid dienone is 4. The summed E-state index contributed by atoms with van der Waals surface area (Å²) in [6.45, 7) is 7.27. The highest BCUT2D eigenvalue weighted by Gasteiger charge is 2.31. The molecule has 0 bridgehead atoms. The monoisotopic (exact) mass is 538 g/mol. The number of ether oxygens (including phenoxy) is 1. The van der Waals surface area contributed by atoms with Gasteiger partial charge >= 0.3 is 5.97 Å². The highest BCUT2D eigenvalue weighted by atomic mass is 19.1. The van der Waals surface area contributed by atoms with Crippen molar-refractivity contribution in [3.63, 3.8) is 0 Å². The van der Waals surface area contributed by atoms with Crippen LogP contribution in [0.3, 0.4) is 0 Å². The minimum atomic E-state index is -1.14. The second kappa shape index (κ2) is 12.8. The molecular weight excluding hydrogens is 502 g/mol. The molecule has 0 spiro atoms. The normalized spacial score (nSPS) is 16.6. The molecule has 0 fully saturated rings. The molecule has 2 aromatic rings. The Morgan fingerprint density at radius 1 is 1.10 bits per heavy atom. The number of halogens is 2. The van der Waals surface area contributed by atoms with E-state index in [0.717, 1.165) is 17.6 Å². The van der Waals surface area contributed by atoms with Crippen LogP contribution in [0.4, 0.5) is 8.78 Å². The van der Waals surface area contributed by atoms with Crippen LogP contribution in [0.1, 0.15) is 62.0 Å².